The van der Waals surface area contributed by atoms with Crippen molar-refractivity contribution in [3.8, 4) is 5.75 Å². The largest absolute Gasteiger partial charge is 0.496 e. The number of rotatable bonds is 7. The summed E-state index contributed by atoms with van der Waals surface area (Å²) in [6.07, 6.45) is 4.88. The zero-order valence-electron chi connectivity index (χ0n) is 19.4. The van der Waals surface area contributed by atoms with Crippen LogP contribution in [-0.2, 0) is 17.4 Å². The molecule has 1 aromatic heterocycles. The van der Waals surface area contributed by atoms with Gasteiger partial charge in [0.2, 0.25) is 0 Å². The van der Waals surface area contributed by atoms with Crippen LogP contribution < -0.4 is 9.42 Å². The number of benzene rings is 1. The minimum absolute atomic E-state index is 0.0378. The molecule has 0 amide bonds. The summed E-state index contributed by atoms with van der Waals surface area (Å²) in [4.78, 5) is 0. The Morgan fingerprint density at radius 1 is 1.18 bits per heavy atom. The lowest BCUT2D eigenvalue weighted by atomic mass is 9.77. The van der Waals surface area contributed by atoms with Gasteiger partial charge in [-0.25, -0.2) is 0 Å². The SMILES string of the molecule is COc1cccc(C2(C)CC2)c1C(C)(C)C[n+]1cc(C)c(C(C)C)n1C(C)C. The van der Waals surface area contributed by atoms with Gasteiger partial charge in [-0.1, -0.05) is 32.9 Å². The highest BCUT2D eigenvalue weighted by molar-refractivity contribution is 5.50. The van der Waals surface area contributed by atoms with Crippen molar-refractivity contribution in [2.24, 2.45) is 0 Å². The fourth-order valence-electron chi connectivity index (χ4n) is 4.93. The average Bonchev–Trinajstić information content (AvgIpc) is 3.27. The van der Waals surface area contributed by atoms with Crippen molar-refractivity contribution in [1.29, 1.82) is 0 Å². The van der Waals surface area contributed by atoms with E-state index in [0.29, 0.717) is 17.4 Å². The molecule has 0 bridgehead atoms. The molecule has 2 aromatic rings. The zero-order chi connectivity index (χ0) is 20.9. The van der Waals surface area contributed by atoms with Gasteiger partial charge in [0.1, 0.15) is 5.75 Å². The highest BCUT2D eigenvalue weighted by Gasteiger charge is 2.45. The predicted octanol–water partition coefficient (Wildman–Crippen LogP) is 5.83. The monoisotopic (exact) mass is 383 g/mol. The third-order valence-electron chi connectivity index (χ3n) is 6.44. The standard InChI is InChI=1S/C25H39N2O/c1-17(2)23-19(5)15-26(27(23)18(3)4)16-24(6,7)22-20(25(8)13-14-25)11-10-12-21(22)28-9/h10-12,15,17-18H,13-14,16H2,1-9H3/q+1. The minimum atomic E-state index is -0.0378. The maximum absolute atomic E-state index is 5.86. The third-order valence-corrected chi connectivity index (χ3v) is 6.44. The average molecular weight is 384 g/mol. The first kappa shape index (κ1) is 21.0. The zero-order valence-corrected chi connectivity index (χ0v) is 19.4. The van der Waals surface area contributed by atoms with Crippen LogP contribution in [0.2, 0.25) is 0 Å². The topological polar surface area (TPSA) is 18.0 Å². The Kier molecular flexibility index (Phi) is 5.42. The van der Waals surface area contributed by atoms with Gasteiger partial charge >= 0.3 is 0 Å². The van der Waals surface area contributed by atoms with E-state index in [2.05, 4.69) is 89.1 Å². The Bertz CT molecular complexity index is 854. The van der Waals surface area contributed by atoms with Gasteiger partial charge in [0, 0.05) is 11.1 Å². The van der Waals surface area contributed by atoms with Crippen LogP contribution >= 0.6 is 0 Å². The number of ether oxygens (including phenoxy) is 1. The highest BCUT2D eigenvalue weighted by atomic mass is 16.5. The van der Waals surface area contributed by atoms with E-state index in [0.717, 1.165) is 12.3 Å². The fourth-order valence-corrected chi connectivity index (χ4v) is 4.93. The van der Waals surface area contributed by atoms with Crippen molar-refractivity contribution < 1.29 is 9.42 Å². The molecule has 3 heteroatoms. The number of hydrogen-bond donors (Lipinski definition) is 0. The predicted molar refractivity (Wildman–Crippen MR) is 116 cm³/mol. The Balaban J connectivity index is 2.11. The highest BCUT2D eigenvalue weighted by Crippen LogP contribution is 2.52. The van der Waals surface area contributed by atoms with Gasteiger partial charge in [0.15, 0.2) is 12.7 Å². The van der Waals surface area contributed by atoms with E-state index in [1.165, 1.54) is 35.2 Å². The first-order valence-corrected chi connectivity index (χ1v) is 10.8. The van der Waals surface area contributed by atoms with E-state index in [1.54, 1.807) is 7.11 Å². The van der Waals surface area contributed by atoms with E-state index >= 15 is 0 Å². The van der Waals surface area contributed by atoms with Crippen LogP contribution in [0.15, 0.2) is 24.4 Å². The summed E-state index contributed by atoms with van der Waals surface area (Å²) in [5, 5.41) is 0. The van der Waals surface area contributed by atoms with E-state index < -0.39 is 0 Å². The maximum atomic E-state index is 5.86. The second-order valence-electron chi connectivity index (χ2n) is 10.2. The van der Waals surface area contributed by atoms with E-state index in [4.69, 9.17) is 4.74 Å². The normalized spacial score (nSPS) is 16.1. The summed E-state index contributed by atoms with van der Waals surface area (Å²) >= 11 is 0. The number of nitrogens with zero attached hydrogens (tertiary/aromatic N) is 2. The number of aromatic nitrogens is 2. The Hall–Kier alpha value is -1.77. The molecule has 0 radical (unpaired) electrons. The van der Waals surface area contributed by atoms with Crippen LogP contribution in [0.25, 0.3) is 0 Å². The van der Waals surface area contributed by atoms with Gasteiger partial charge in [-0.05, 0) is 70.4 Å². The third kappa shape index (κ3) is 3.60. The quantitative estimate of drug-likeness (QED) is 0.550. The van der Waals surface area contributed by atoms with Gasteiger partial charge in [0.25, 0.3) is 0 Å². The second kappa shape index (κ2) is 7.24. The van der Waals surface area contributed by atoms with E-state index in [1.807, 2.05) is 0 Å². The van der Waals surface area contributed by atoms with Crippen molar-refractivity contribution in [3.05, 3.63) is 46.8 Å². The molecule has 154 valence electrons. The molecule has 1 aliphatic rings. The van der Waals surface area contributed by atoms with Crippen molar-refractivity contribution in [1.82, 2.24) is 4.68 Å². The first-order valence-electron chi connectivity index (χ1n) is 10.8. The molecule has 1 aliphatic carbocycles. The molecule has 3 nitrogen and oxygen atoms in total. The van der Waals surface area contributed by atoms with Crippen LogP contribution in [0.3, 0.4) is 0 Å². The van der Waals surface area contributed by atoms with Crippen LogP contribution in [0.4, 0.5) is 0 Å². The lowest BCUT2D eigenvalue weighted by molar-refractivity contribution is -0.784. The number of methoxy groups -OCH3 is 1. The molecular formula is C25H39N2O+. The van der Waals surface area contributed by atoms with Crippen LogP contribution in [0, 0.1) is 6.92 Å². The Morgan fingerprint density at radius 3 is 2.32 bits per heavy atom. The lowest BCUT2D eigenvalue weighted by Gasteiger charge is -2.29. The molecule has 0 aliphatic heterocycles. The molecule has 0 unspecified atom stereocenters. The maximum Gasteiger partial charge on any atom is 0.198 e. The fraction of sp³-hybridized carbons (Fsp3) is 0.640. The summed E-state index contributed by atoms with van der Waals surface area (Å²) < 4.78 is 10.8. The van der Waals surface area contributed by atoms with Gasteiger partial charge < -0.3 is 4.74 Å². The summed E-state index contributed by atoms with van der Waals surface area (Å²) in [7, 11) is 1.80. The summed E-state index contributed by atoms with van der Waals surface area (Å²) in [6.45, 7) is 19.5. The summed E-state index contributed by atoms with van der Waals surface area (Å²) in [5.41, 5.74) is 5.95. The van der Waals surface area contributed by atoms with Crippen LogP contribution in [0.1, 0.15) is 95.7 Å². The van der Waals surface area contributed by atoms with Gasteiger partial charge in [0.05, 0.1) is 24.3 Å². The molecule has 0 spiro atoms. The number of aryl methyl sites for hydroxylation is 1. The number of hydrogen-bond acceptors (Lipinski definition) is 1. The van der Waals surface area contributed by atoms with Gasteiger partial charge in [-0.2, -0.15) is 4.68 Å². The van der Waals surface area contributed by atoms with E-state index in [-0.39, 0.29) is 5.41 Å². The van der Waals surface area contributed by atoms with Crippen LogP contribution in [-0.4, -0.2) is 11.8 Å². The van der Waals surface area contributed by atoms with Gasteiger partial charge in [-0.3, -0.25) is 0 Å². The van der Waals surface area contributed by atoms with Crippen molar-refractivity contribution in [2.75, 3.05) is 7.11 Å². The lowest BCUT2D eigenvalue weighted by Crippen LogP contribution is -2.51. The molecule has 0 saturated heterocycles. The molecule has 0 atom stereocenters. The molecule has 3 rings (SSSR count). The Labute approximate surface area is 171 Å². The van der Waals surface area contributed by atoms with Crippen LogP contribution in [0.5, 0.6) is 5.75 Å². The summed E-state index contributed by atoms with van der Waals surface area (Å²) in [6, 6.07) is 7.04. The molecule has 28 heavy (non-hydrogen) atoms. The summed E-state index contributed by atoms with van der Waals surface area (Å²) in [5.74, 6) is 1.54. The van der Waals surface area contributed by atoms with Crippen molar-refractivity contribution in [2.45, 2.75) is 97.6 Å². The second-order valence-corrected chi connectivity index (χ2v) is 10.2. The molecule has 0 N–H and O–H groups in total. The smallest absolute Gasteiger partial charge is 0.198 e. The van der Waals surface area contributed by atoms with E-state index in [9.17, 15) is 0 Å². The van der Waals surface area contributed by atoms with Gasteiger partial charge in [-0.15, -0.1) is 4.68 Å². The Morgan fingerprint density at radius 2 is 1.82 bits per heavy atom. The van der Waals surface area contributed by atoms with Crippen molar-refractivity contribution >= 4 is 0 Å². The van der Waals surface area contributed by atoms with Crippen molar-refractivity contribution in [3.63, 3.8) is 0 Å². The molecular weight excluding hydrogens is 344 g/mol. The minimum Gasteiger partial charge on any atom is -0.496 e. The first-order chi connectivity index (χ1) is 13.0. The molecule has 1 saturated carbocycles. The molecule has 1 heterocycles. The molecule has 1 aromatic carbocycles. The molecule has 1 fully saturated rings.